The number of ether oxygens (including phenoxy) is 1. The summed E-state index contributed by atoms with van der Waals surface area (Å²) in [5, 5.41) is 9.34. The Morgan fingerprint density at radius 1 is 1.07 bits per heavy atom. The molecule has 0 saturated heterocycles. The number of hydrogen-bond acceptors (Lipinski definition) is 2. The van der Waals surface area contributed by atoms with Crippen LogP contribution in [-0.2, 0) is 4.74 Å². The second-order valence-corrected chi connectivity index (χ2v) is 7.40. The summed E-state index contributed by atoms with van der Waals surface area (Å²) in [6.07, 6.45) is 5.44. The van der Waals surface area contributed by atoms with Gasteiger partial charge in [0.1, 0.15) is 11.6 Å². The van der Waals surface area contributed by atoms with Crippen molar-refractivity contribution in [2.45, 2.75) is 57.5 Å². The summed E-state index contributed by atoms with van der Waals surface area (Å²) in [7, 11) is 0. The minimum Gasteiger partial charge on any atom is -0.478 e. The van der Waals surface area contributed by atoms with Crippen LogP contribution in [0, 0.1) is 11.6 Å². The first-order valence-corrected chi connectivity index (χ1v) is 9.94. The zero-order valence-corrected chi connectivity index (χ0v) is 16.1. The maximum atomic E-state index is 15.2. The lowest BCUT2D eigenvalue weighted by Gasteiger charge is -2.30. The summed E-state index contributed by atoms with van der Waals surface area (Å²) in [6, 6.07) is 8.81. The van der Waals surface area contributed by atoms with E-state index in [1.807, 2.05) is 0 Å². The average molecular weight is 388 g/mol. The van der Waals surface area contributed by atoms with Crippen LogP contribution < -0.4 is 0 Å². The number of aromatic carboxylic acids is 1. The van der Waals surface area contributed by atoms with Crippen molar-refractivity contribution in [2.24, 2.45) is 0 Å². The first kappa shape index (κ1) is 20.5. The van der Waals surface area contributed by atoms with E-state index in [9.17, 15) is 14.3 Å². The maximum Gasteiger partial charge on any atom is 0.338 e. The highest BCUT2D eigenvalue weighted by atomic mass is 19.1. The van der Waals surface area contributed by atoms with E-state index in [2.05, 4.69) is 6.92 Å². The molecule has 0 atom stereocenters. The molecule has 0 aromatic heterocycles. The van der Waals surface area contributed by atoms with E-state index in [0.717, 1.165) is 45.1 Å². The van der Waals surface area contributed by atoms with Crippen molar-refractivity contribution >= 4 is 5.97 Å². The second kappa shape index (κ2) is 9.28. The molecule has 28 heavy (non-hydrogen) atoms. The third kappa shape index (κ3) is 4.58. The summed E-state index contributed by atoms with van der Waals surface area (Å²) in [5.74, 6) is -2.39. The van der Waals surface area contributed by atoms with Gasteiger partial charge in [0.05, 0.1) is 11.7 Å². The van der Waals surface area contributed by atoms with Crippen LogP contribution in [0.5, 0.6) is 0 Å². The molecule has 0 aliphatic heterocycles. The monoisotopic (exact) mass is 388 g/mol. The molecule has 3 rings (SSSR count). The Labute approximate surface area is 164 Å². The Balaban J connectivity index is 1.89. The third-order valence-corrected chi connectivity index (χ3v) is 5.50. The first-order valence-electron chi connectivity index (χ1n) is 9.94. The highest BCUT2D eigenvalue weighted by Crippen LogP contribution is 2.41. The maximum absolute atomic E-state index is 15.2. The van der Waals surface area contributed by atoms with Crippen LogP contribution in [0.3, 0.4) is 0 Å². The molecule has 0 heterocycles. The van der Waals surface area contributed by atoms with E-state index >= 15 is 4.39 Å². The second-order valence-electron chi connectivity index (χ2n) is 7.40. The summed E-state index contributed by atoms with van der Waals surface area (Å²) in [5.41, 5.74) is 1.44. The Kier molecular flexibility index (Phi) is 6.79. The van der Waals surface area contributed by atoms with Gasteiger partial charge in [0.15, 0.2) is 0 Å². The molecule has 0 bridgehead atoms. The van der Waals surface area contributed by atoms with Gasteiger partial charge in [-0.3, -0.25) is 0 Å². The van der Waals surface area contributed by atoms with Crippen LogP contribution in [0.2, 0.25) is 0 Å². The molecule has 3 nitrogen and oxygen atoms in total. The topological polar surface area (TPSA) is 46.5 Å². The predicted octanol–water partition coefficient (Wildman–Crippen LogP) is 6.17. The van der Waals surface area contributed by atoms with Gasteiger partial charge >= 0.3 is 5.97 Å². The van der Waals surface area contributed by atoms with Crippen molar-refractivity contribution in [3.05, 3.63) is 59.2 Å². The van der Waals surface area contributed by atoms with Gasteiger partial charge < -0.3 is 9.84 Å². The Morgan fingerprint density at radius 2 is 1.75 bits per heavy atom. The number of carboxylic acid groups (broad SMARTS) is 1. The van der Waals surface area contributed by atoms with Gasteiger partial charge in [0.25, 0.3) is 0 Å². The van der Waals surface area contributed by atoms with Crippen LogP contribution >= 0.6 is 0 Å². The minimum absolute atomic E-state index is 0.0784. The Bertz CT molecular complexity index is 809. The van der Waals surface area contributed by atoms with E-state index in [1.54, 1.807) is 18.2 Å². The van der Waals surface area contributed by atoms with Gasteiger partial charge in [0, 0.05) is 6.61 Å². The normalized spacial score (nSPS) is 19.5. The molecule has 1 aliphatic rings. The van der Waals surface area contributed by atoms with Crippen LogP contribution in [0.25, 0.3) is 11.1 Å². The molecule has 2 aromatic carbocycles. The molecule has 0 amide bonds. The molecule has 1 aliphatic carbocycles. The summed E-state index contributed by atoms with van der Waals surface area (Å²) in [4.78, 5) is 11.4. The van der Waals surface area contributed by atoms with E-state index < -0.39 is 11.8 Å². The summed E-state index contributed by atoms with van der Waals surface area (Å²) < 4.78 is 34.4. The highest BCUT2D eigenvalue weighted by Gasteiger charge is 2.29. The molecule has 1 fully saturated rings. The fourth-order valence-electron chi connectivity index (χ4n) is 3.95. The van der Waals surface area contributed by atoms with Gasteiger partial charge in [-0.2, -0.15) is 0 Å². The number of unbranched alkanes of at least 4 members (excludes halogenated alkanes) is 1. The number of carboxylic acids is 1. The van der Waals surface area contributed by atoms with Crippen LogP contribution in [0.4, 0.5) is 8.78 Å². The van der Waals surface area contributed by atoms with Crippen molar-refractivity contribution in [1.82, 2.24) is 0 Å². The Hall–Kier alpha value is -2.27. The standard InChI is InChI=1S/C23H26F2O3/c1-2-3-14-28-18-10-6-16(7-11-18)21-19(15-4-8-17(24)9-5-15)12-13-20(22(21)25)23(26)27/h4-5,8-9,12-13,16,18H,2-3,6-7,10-11,14H2,1H3,(H,26,27). The third-order valence-electron chi connectivity index (χ3n) is 5.50. The lowest BCUT2D eigenvalue weighted by atomic mass is 9.79. The number of halogens is 2. The van der Waals surface area contributed by atoms with Gasteiger partial charge in [-0.15, -0.1) is 0 Å². The van der Waals surface area contributed by atoms with E-state index in [4.69, 9.17) is 4.74 Å². The lowest BCUT2D eigenvalue weighted by Crippen LogP contribution is -2.22. The van der Waals surface area contributed by atoms with Crippen molar-refractivity contribution in [3.63, 3.8) is 0 Å². The summed E-state index contributed by atoms with van der Waals surface area (Å²) in [6.45, 7) is 2.87. The molecule has 5 heteroatoms. The van der Waals surface area contributed by atoms with Crippen molar-refractivity contribution in [1.29, 1.82) is 0 Å². The van der Waals surface area contributed by atoms with Crippen molar-refractivity contribution in [2.75, 3.05) is 6.61 Å². The zero-order chi connectivity index (χ0) is 20.1. The molecular formula is C23H26F2O3. The SMILES string of the molecule is CCCCOC1CCC(c2c(-c3ccc(F)cc3)ccc(C(=O)O)c2F)CC1. The minimum atomic E-state index is -1.28. The lowest BCUT2D eigenvalue weighted by molar-refractivity contribution is 0.0230. The van der Waals surface area contributed by atoms with Gasteiger partial charge in [-0.1, -0.05) is 31.5 Å². The molecule has 1 N–H and O–H groups in total. The van der Waals surface area contributed by atoms with Gasteiger partial charge in [0.2, 0.25) is 0 Å². The van der Waals surface area contributed by atoms with Gasteiger partial charge in [-0.05, 0) is 72.9 Å². The van der Waals surface area contributed by atoms with E-state index in [0.29, 0.717) is 16.7 Å². The number of rotatable bonds is 7. The van der Waals surface area contributed by atoms with E-state index in [-0.39, 0.29) is 23.4 Å². The fourth-order valence-corrected chi connectivity index (χ4v) is 3.95. The molecule has 2 aromatic rings. The molecule has 0 radical (unpaired) electrons. The predicted molar refractivity (Wildman–Crippen MR) is 105 cm³/mol. The first-order chi connectivity index (χ1) is 13.5. The molecule has 0 unspecified atom stereocenters. The highest BCUT2D eigenvalue weighted by molar-refractivity contribution is 5.89. The fraction of sp³-hybridized carbons (Fsp3) is 0.435. The van der Waals surface area contributed by atoms with Gasteiger partial charge in [-0.25, -0.2) is 13.6 Å². The van der Waals surface area contributed by atoms with E-state index in [1.165, 1.54) is 18.2 Å². The zero-order valence-electron chi connectivity index (χ0n) is 16.1. The average Bonchev–Trinajstić information content (AvgIpc) is 2.69. The number of benzene rings is 2. The van der Waals surface area contributed by atoms with Crippen LogP contribution in [0.15, 0.2) is 36.4 Å². The van der Waals surface area contributed by atoms with Crippen molar-refractivity contribution in [3.8, 4) is 11.1 Å². The smallest absolute Gasteiger partial charge is 0.338 e. The largest absolute Gasteiger partial charge is 0.478 e. The molecule has 0 spiro atoms. The summed E-state index contributed by atoms with van der Waals surface area (Å²) >= 11 is 0. The number of carbonyl (C=O) groups is 1. The molecular weight excluding hydrogens is 362 g/mol. The molecule has 1 saturated carbocycles. The quantitative estimate of drug-likeness (QED) is 0.577. The van der Waals surface area contributed by atoms with Crippen LogP contribution in [0.1, 0.15) is 67.3 Å². The van der Waals surface area contributed by atoms with Crippen molar-refractivity contribution < 1.29 is 23.4 Å². The Morgan fingerprint density at radius 3 is 2.36 bits per heavy atom. The molecule has 150 valence electrons. The number of hydrogen-bond donors (Lipinski definition) is 1. The van der Waals surface area contributed by atoms with Crippen LogP contribution in [-0.4, -0.2) is 23.8 Å².